The zero-order valence-electron chi connectivity index (χ0n) is 17.9. The first-order chi connectivity index (χ1) is 13.2. The van der Waals surface area contributed by atoms with Crippen LogP contribution in [0.1, 0.15) is 34.6 Å². The van der Waals surface area contributed by atoms with Crippen LogP contribution >= 0.6 is 0 Å². The van der Waals surface area contributed by atoms with E-state index in [2.05, 4.69) is 76.2 Å². The molecule has 0 unspecified atom stereocenters. The normalized spacial score (nSPS) is 13.9. The van der Waals surface area contributed by atoms with Gasteiger partial charge in [-0.1, -0.05) is 94.4 Å². The summed E-state index contributed by atoms with van der Waals surface area (Å²) < 4.78 is 11.7. The Morgan fingerprint density at radius 1 is 1.00 bits per heavy atom. The van der Waals surface area contributed by atoms with Crippen molar-refractivity contribution in [2.75, 3.05) is 13.7 Å². The summed E-state index contributed by atoms with van der Waals surface area (Å²) in [5.41, 5.74) is 0.612. The Bertz CT molecular complexity index is 752. The number of hydrogen-bond acceptors (Lipinski definition) is 3. The van der Waals surface area contributed by atoms with Crippen LogP contribution in [-0.2, 0) is 14.0 Å². The van der Waals surface area contributed by atoms with Gasteiger partial charge in [-0.2, -0.15) is 0 Å². The molecule has 4 heteroatoms. The highest BCUT2D eigenvalue weighted by Crippen LogP contribution is 2.37. The van der Waals surface area contributed by atoms with Gasteiger partial charge in [0, 0.05) is 12.2 Å². The molecule has 0 aliphatic heterocycles. The summed E-state index contributed by atoms with van der Waals surface area (Å²) in [6.45, 7) is 11.2. The number of hydrogen-bond donors (Lipinski definition) is 0. The molecule has 0 heterocycles. The van der Waals surface area contributed by atoms with Crippen LogP contribution in [0.5, 0.6) is 0 Å². The Labute approximate surface area is 170 Å². The van der Waals surface area contributed by atoms with Gasteiger partial charge in [-0.15, -0.1) is 0 Å². The standard InChI is InChI=1S/C24H32O3Si/c1-19(17-20(2)23(25)26-6)18-27-28(24(3,4)5,21-13-9-7-10-14-21)22-15-11-8-12-16-22/h7-17,19H,18H2,1-6H3/b20-17+/t19-/m1/s1. The molecule has 2 aromatic carbocycles. The lowest BCUT2D eigenvalue weighted by Crippen LogP contribution is -2.66. The first kappa shape index (κ1) is 22.1. The van der Waals surface area contributed by atoms with Crippen molar-refractivity contribution >= 4 is 24.7 Å². The van der Waals surface area contributed by atoms with Crippen molar-refractivity contribution in [3.8, 4) is 0 Å². The molecule has 0 fully saturated rings. The second kappa shape index (κ2) is 9.35. The Morgan fingerprint density at radius 2 is 1.46 bits per heavy atom. The zero-order chi connectivity index (χ0) is 20.8. The monoisotopic (exact) mass is 396 g/mol. The van der Waals surface area contributed by atoms with Crippen molar-refractivity contribution in [2.45, 2.75) is 39.7 Å². The summed E-state index contributed by atoms with van der Waals surface area (Å²) in [5, 5.41) is 2.46. The Morgan fingerprint density at radius 3 is 1.86 bits per heavy atom. The van der Waals surface area contributed by atoms with Gasteiger partial charge in [0.1, 0.15) is 0 Å². The van der Waals surface area contributed by atoms with Crippen molar-refractivity contribution < 1.29 is 14.0 Å². The summed E-state index contributed by atoms with van der Waals surface area (Å²) in [6, 6.07) is 21.2. The largest absolute Gasteiger partial charge is 0.466 e. The van der Waals surface area contributed by atoms with Gasteiger partial charge in [-0.3, -0.25) is 0 Å². The summed E-state index contributed by atoms with van der Waals surface area (Å²) in [6.07, 6.45) is 1.93. The average molecular weight is 397 g/mol. The second-order valence-electron chi connectivity index (χ2n) is 8.29. The highest BCUT2D eigenvalue weighted by molar-refractivity contribution is 6.99. The van der Waals surface area contributed by atoms with E-state index in [0.29, 0.717) is 12.2 Å². The maximum absolute atomic E-state index is 11.7. The molecule has 0 saturated carbocycles. The van der Waals surface area contributed by atoms with E-state index in [1.54, 1.807) is 6.92 Å². The van der Waals surface area contributed by atoms with E-state index in [9.17, 15) is 4.79 Å². The molecule has 0 spiro atoms. The van der Waals surface area contributed by atoms with Gasteiger partial charge in [0.05, 0.1) is 7.11 Å². The number of rotatable bonds is 7. The number of methoxy groups -OCH3 is 1. The molecule has 3 nitrogen and oxygen atoms in total. The first-order valence-corrected chi connectivity index (χ1v) is 11.6. The van der Waals surface area contributed by atoms with Gasteiger partial charge < -0.3 is 9.16 Å². The fourth-order valence-corrected chi connectivity index (χ4v) is 8.39. The quantitative estimate of drug-likeness (QED) is 0.397. The zero-order valence-corrected chi connectivity index (χ0v) is 18.9. The molecule has 0 amide bonds. The van der Waals surface area contributed by atoms with Crippen molar-refractivity contribution in [3.05, 3.63) is 72.3 Å². The summed E-state index contributed by atoms with van der Waals surface area (Å²) in [5.74, 6) is -0.196. The molecule has 0 saturated heterocycles. The van der Waals surface area contributed by atoms with Crippen LogP contribution in [0.2, 0.25) is 5.04 Å². The molecular formula is C24H32O3Si. The molecule has 0 radical (unpaired) electrons. The van der Waals surface area contributed by atoms with E-state index in [-0.39, 0.29) is 16.9 Å². The van der Waals surface area contributed by atoms with E-state index >= 15 is 0 Å². The minimum Gasteiger partial charge on any atom is -0.466 e. The Balaban J connectivity index is 2.46. The van der Waals surface area contributed by atoms with Gasteiger partial charge in [0.25, 0.3) is 8.32 Å². The molecule has 0 bridgehead atoms. The highest BCUT2D eigenvalue weighted by Gasteiger charge is 2.50. The smallest absolute Gasteiger partial charge is 0.333 e. The minimum absolute atomic E-state index is 0.0590. The minimum atomic E-state index is -2.54. The maximum Gasteiger partial charge on any atom is 0.333 e. The van der Waals surface area contributed by atoms with Gasteiger partial charge in [0.2, 0.25) is 0 Å². The number of carbonyl (C=O) groups excluding carboxylic acids is 1. The number of benzene rings is 2. The molecule has 2 aromatic rings. The van der Waals surface area contributed by atoms with Gasteiger partial charge >= 0.3 is 5.97 Å². The van der Waals surface area contributed by atoms with Crippen molar-refractivity contribution in [2.24, 2.45) is 5.92 Å². The molecule has 0 aliphatic rings. The number of ether oxygens (including phenoxy) is 1. The summed E-state index contributed by atoms with van der Waals surface area (Å²) in [4.78, 5) is 11.7. The SMILES string of the molecule is COC(=O)/C(C)=C/[C@@H](C)CO[Si](c1ccccc1)(c1ccccc1)C(C)(C)C. The lowest BCUT2D eigenvalue weighted by atomic mass is 10.1. The number of esters is 1. The molecule has 1 atom stereocenters. The van der Waals surface area contributed by atoms with E-state index in [4.69, 9.17) is 9.16 Å². The van der Waals surface area contributed by atoms with Crippen molar-refractivity contribution in [3.63, 3.8) is 0 Å². The van der Waals surface area contributed by atoms with Crippen LogP contribution in [-0.4, -0.2) is 28.0 Å². The molecule has 0 aromatic heterocycles. The molecule has 28 heavy (non-hydrogen) atoms. The van der Waals surface area contributed by atoms with Gasteiger partial charge in [-0.05, 0) is 28.3 Å². The average Bonchev–Trinajstić information content (AvgIpc) is 2.68. The lowest BCUT2D eigenvalue weighted by Gasteiger charge is -2.43. The van der Waals surface area contributed by atoms with Crippen molar-refractivity contribution in [1.29, 1.82) is 0 Å². The highest BCUT2D eigenvalue weighted by atomic mass is 28.4. The van der Waals surface area contributed by atoms with Gasteiger partial charge in [0.15, 0.2) is 0 Å². The van der Waals surface area contributed by atoms with Crippen molar-refractivity contribution in [1.82, 2.24) is 0 Å². The Hall–Kier alpha value is -2.17. The summed E-state index contributed by atoms with van der Waals surface area (Å²) >= 11 is 0. The van der Waals surface area contributed by atoms with Crippen LogP contribution in [0.4, 0.5) is 0 Å². The molecular weight excluding hydrogens is 364 g/mol. The molecule has 150 valence electrons. The fourth-order valence-electron chi connectivity index (χ4n) is 3.72. The van der Waals surface area contributed by atoms with Crippen LogP contribution in [0, 0.1) is 5.92 Å². The van der Waals surface area contributed by atoms with Crippen LogP contribution < -0.4 is 10.4 Å². The molecule has 0 N–H and O–H groups in total. The predicted molar refractivity (Wildman–Crippen MR) is 119 cm³/mol. The lowest BCUT2D eigenvalue weighted by molar-refractivity contribution is -0.136. The first-order valence-electron chi connectivity index (χ1n) is 9.74. The topological polar surface area (TPSA) is 35.5 Å². The third-order valence-corrected chi connectivity index (χ3v) is 10.0. The Kier molecular flexibility index (Phi) is 7.39. The second-order valence-corrected chi connectivity index (χ2v) is 12.6. The summed E-state index contributed by atoms with van der Waals surface area (Å²) in [7, 11) is -1.14. The molecule has 0 aliphatic carbocycles. The maximum atomic E-state index is 11.7. The fraction of sp³-hybridized carbons (Fsp3) is 0.375. The van der Waals surface area contributed by atoms with E-state index in [1.165, 1.54) is 17.5 Å². The predicted octanol–water partition coefficient (Wildman–Crippen LogP) is 4.32. The third-order valence-electron chi connectivity index (χ3n) is 5.02. The van der Waals surface area contributed by atoms with E-state index in [0.717, 1.165) is 0 Å². The van der Waals surface area contributed by atoms with Crippen LogP contribution in [0.25, 0.3) is 0 Å². The van der Waals surface area contributed by atoms with Crippen LogP contribution in [0.15, 0.2) is 72.3 Å². The van der Waals surface area contributed by atoms with Gasteiger partial charge in [-0.25, -0.2) is 4.79 Å². The molecule has 2 rings (SSSR count). The third kappa shape index (κ3) is 4.81. The van der Waals surface area contributed by atoms with Crippen LogP contribution in [0.3, 0.4) is 0 Å². The van der Waals surface area contributed by atoms with E-state index < -0.39 is 8.32 Å². The van der Waals surface area contributed by atoms with E-state index in [1.807, 2.05) is 18.2 Å². The number of carbonyl (C=O) groups is 1.